The number of benzene rings is 2. The van der Waals surface area contributed by atoms with E-state index in [1.165, 1.54) is 0 Å². The number of rotatable bonds is 6. The fourth-order valence-corrected chi connectivity index (χ4v) is 2.85. The standard InChI is InChI=1S/C20H20N4O4/c1-12-8-19(22-13-4-6-15(25-2)17(9-13)26-3)24-20(21-12)23-14-5-7-16-18(10-14)28-11-27-16/h4-10H,11H2,1-3H3,(H2,21,22,23,24). The second kappa shape index (κ2) is 7.51. The molecule has 0 fully saturated rings. The van der Waals surface area contributed by atoms with E-state index in [1.807, 2.05) is 49.4 Å². The molecule has 0 saturated carbocycles. The molecule has 144 valence electrons. The summed E-state index contributed by atoms with van der Waals surface area (Å²) in [5, 5.41) is 6.47. The molecule has 0 unspecified atom stereocenters. The maximum atomic E-state index is 5.41. The third kappa shape index (κ3) is 3.71. The molecule has 28 heavy (non-hydrogen) atoms. The summed E-state index contributed by atoms with van der Waals surface area (Å²) >= 11 is 0. The van der Waals surface area contributed by atoms with E-state index in [9.17, 15) is 0 Å². The zero-order chi connectivity index (χ0) is 19.5. The number of methoxy groups -OCH3 is 2. The molecule has 8 heteroatoms. The van der Waals surface area contributed by atoms with Crippen molar-refractivity contribution in [3.05, 3.63) is 48.2 Å². The van der Waals surface area contributed by atoms with Crippen LogP contribution >= 0.6 is 0 Å². The minimum absolute atomic E-state index is 0.235. The maximum absolute atomic E-state index is 5.41. The molecule has 0 radical (unpaired) electrons. The molecule has 0 aliphatic carbocycles. The van der Waals surface area contributed by atoms with Crippen molar-refractivity contribution in [2.45, 2.75) is 6.92 Å². The molecular weight excluding hydrogens is 360 g/mol. The van der Waals surface area contributed by atoms with Crippen molar-refractivity contribution in [3.8, 4) is 23.0 Å². The number of fused-ring (bicyclic) bond motifs is 1. The van der Waals surface area contributed by atoms with Gasteiger partial charge in [0.05, 0.1) is 14.2 Å². The highest BCUT2D eigenvalue weighted by atomic mass is 16.7. The van der Waals surface area contributed by atoms with E-state index >= 15 is 0 Å². The van der Waals surface area contributed by atoms with Crippen LogP contribution in [0.15, 0.2) is 42.5 Å². The van der Waals surface area contributed by atoms with Gasteiger partial charge in [0, 0.05) is 35.3 Å². The minimum Gasteiger partial charge on any atom is -0.493 e. The molecule has 3 aromatic rings. The van der Waals surface area contributed by atoms with Gasteiger partial charge in [0.1, 0.15) is 5.82 Å². The Morgan fingerprint density at radius 3 is 2.39 bits per heavy atom. The van der Waals surface area contributed by atoms with Crippen LogP contribution < -0.4 is 29.6 Å². The summed E-state index contributed by atoms with van der Waals surface area (Å²) in [7, 11) is 3.21. The van der Waals surface area contributed by atoms with Crippen molar-refractivity contribution >= 4 is 23.1 Å². The Morgan fingerprint density at radius 1 is 0.821 bits per heavy atom. The Bertz CT molecular complexity index is 1010. The highest BCUT2D eigenvalue weighted by Crippen LogP contribution is 2.35. The Morgan fingerprint density at radius 2 is 1.57 bits per heavy atom. The van der Waals surface area contributed by atoms with Crippen LogP contribution in [-0.2, 0) is 0 Å². The van der Waals surface area contributed by atoms with Crippen LogP contribution in [0.25, 0.3) is 0 Å². The third-order valence-corrected chi connectivity index (χ3v) is 4.14. The topological polar surface area (TPSA) is 86.8 Å². The number of hydrogen-bond acceptors (Lipinski definition) is 8. The molecule has 2 aromatic carbocycles. The number of hydrogen-bond donors (Lipinski definition) is 2. The normalized spacial score (nSPS) is 11.8. The first-order valence-electron chi connectivity index (χ1n) is 8.66. The molecule has 0 atom stereocenters. The average molecular weight is 380 g/mol. The van der Waals surface area contributed by atoms with Gasteiger partial charge >= 0.3 is 0 Å². The van der Waals surface area contributed by atoms with Gasteiger partial charge in [0.2, 0.25) is 12.7 Å². The van der Waals surface area contributed by atoms with Gasteiger partial charge in [-0.2, -0.15) is 4.98 Å². The fraction of sp³-hybridized carbons (Fsp3) is 0.200. The van der Waals surface area contributed by atoms with Gasteiger partial charge in [-0.05, 0) is 31.2 Å². The number of nitrogens with zero attached hydrogens (tertiary/aromatic N) is 2. The number of ether oxygens (including phenoxy) is 4. The molecule has 0 spiro atoms. The Balaban J connectivity index is 1.55. The second-order valence-electron chi connectivity index (χ2n) is 6.11. The predicted octanol–water partition coefficient (Wildman–Crippen LogP) is 4.02. The van der Waals surface area contributed by atoms with Gasteiger partial charge < -0.3 is 29.6 Å². The number of anilines is 4. The minimum atomic E-state index is 0.235. The van der Waals surface area contributed by atoms with Crippen molar-refractivity contribution in [2.75, 3.05) is 31.6 Å². The van der Waals surface area contributed by atoms with Gasteiger partial charge in [-0.15, -0.1) is 0 Å². The van der Waals surface area contributed by atoms with Crippen molar-refractivity contribution in [3.63, 3.8) is 0 Å². The van der Waals surface area contributed by atoms with Gasteiger partial charge in [-0.25, -0.2) is 4.98 Å². The van der Waals surface area contributed by atoms with E-state index in [1.54, 1.807) is 14.2 Å². The van der Waals surface area contributed by atoms with E-state index < -0.39 is 0 Å². The van der Waals surface area contributed by atoms with Gasteiger partial charge in [0.25, 0.3) is 0 Å². The summed E-state index contributed by atoms with van der Waals surface area (Å²) in [4.78, 5) is 8.98. The van der Waals surface area contributed by atoms with Gasteiger partial charge in [-0.3, -0.25) is 0 Å². The maximum Gasteiger partial charge on any atom is 0.231 e. The Hall–Kier alpha value is -3.68. The first-order valence-corrected chi connectivity index (χ1v) is 8.66. The van der Waals surface area contributed by atoms with Crippen LogP contribution in [-0.4, -0.2) is 31.0 Å². The lowest BCUT2D eigenvalue weighted by molar-refractivity contribution is 0.174. The van der Waals surface area contributed by atoms with Crippen molar-refractivity contribution in [1.82, 2.24) is 9.97 Å². The highest BCUT2D eigenvalue weighted by Gasteiger charge is 2.14. The van der Waals surface area contributed by atoms with Crippen molar-refractivity contribution < 1.29 is 18.9 Å². The fourth-order valence-electron chi connectivity index (χ4n) is 2.85. The van der Waals surface area contributed by atoms with E-state index in [-0.39, 0.29) is 6.79 Å². The predicted molar refractivity (Wildman–Crippen MR) is 105 cm³/mol. The summed E-state index contributed by atoms with van der Waals surface area (Å²) in [6.07, 6.45) is 0. The molecule has 8 nitrogen and oxygen atoms in total. The lowest BCUT2D eigenvalue weighted by Gasteiger charge is -2.12. The second-order valence-corrected chi connectivity index (χ2v) is 6.11. The van der Waals surface area contributed by atoms with Crippen LogP contribution in [0.5, 0.6) is 23.0 Å². The summed E-state index contributed by atoms with van der Waals surface area (Å²) < 4.78 is 21.4. The zero-order valence-corrected chi connectivity index (χ0v) is 15.8. The van der Waals surface area contributed by atoms with Crippen molar-refractivity contribution in [1.29, 1.82) is 0 Å². The van der Waals surface area contributed by atoms with Gasteiger partial charge in [0.15, 0.2) is 23.0 Å². The molecule has 2 N–H and O–H groups in total. The van der Waals surface area contributed by atoms with Crippen LogP contribution in [0.2, 0.25) is 0 Å². The molecule has 1 aliphatic heterocycles. The Kier molecular flexibility index (Phi) is 4.76. The third-order valence-electron chi connectivity index (χ3n) is 4.14. The lowest BCUT2D eigenvalue weighted by atomic mass is 10.2. The van der Waals surface area contributed by atoms with Crippen molar-refractivity contribution in [2.24, 2.45) is 0 Å². The van der Waals surface area contributed by atoms with Crippen LogP contribution in [0.3, 0.4) is 0 Å². The first kappa shape index (κ1) is 17.7. The molecule has 0 bridgehead atoms. The van der Waals surface area contributed by atoms with E-state index in [2.05, 4.69) is 20.6 Å². The van der Waals surface area contributed by atoms with E-state index in [0.717, 1.165) is 22.8 Å². The molecule has 0 amide bonds. The summed E-state index contributed by atoms with van der Waals surface area (Å²) in [5.74, 6) is 3.85. The lowest BCUT2D eigenvalue weighted by Crippen LogP contribution is -2.02. The molecular formula is C20H20N4O4. The zero-order valence-electron chi connectivity index (χ0n) is 15.8. The summed E-state index contributed by atoms with van der Waals surface area (Å²) in [6.45, 7) is 2.14. The summed E-state index contributed by atoms with van der Waals surface area (Å²) in [6, 6.07) is 13.0. The largest absolute Gasteiger partial charge is 0.493 e. The van der Waals surface area contributed by atoms with Crippen LogP contribution in [0, 0.1) is 6.92 Å². The average Bonchev–Trinajstić information content (AvgIpc) is 3.15. The molecule has 1 aliphatic rings. The molecule has 2 heterocycles. The smallest absolute Gasteiger partial charge is 0.231 e. The number of aromatic nitrogens is 2. The SMILES string of the molecule is COc1ccc(Nc2cc(C)nc(Nc3ccc4c(c3)OCO4)n2)cc1OC. The van der Waals surface area contributed by atoms with Crippen LogP contribution in [0.1, 0.15) is 5.69 Å². The molecule has 1 aromatic heterocycles. The highest BCUT2D eigenvalue weighted by molar-refractivity contribution is 5.64. The molecule has 4 rings (SSSR count). The monoisotopic (exact) mass is 380 g/mol. The van der Waals surface area contributed by atoms with Crippen LogP contribution in [0.4, 0.5) is 23.1 Å². The number of nitrogens with one attached hydrogen (secondary N) is 2. The first-order chi connectivity index (χ1) is 13.6. The number of aryl methyl sites for hydroxylation is 1. The summed E-state index contributed by atoms with van der Waals surface area (Å²) in [5.41, 5.74) is 2.46. The van der Waals surface area contributed by atoms with E-state index in [4.69, 9.17) is 18.9 Å². The molecule has 0 saturated heterocycles. The van der Waals surface area contributed by atoms with E-state index in [0.29, 0.717) is 29.0 Å². The van der Waals surface area contributed by atoms with Gasteiger partial charge in [-0.1, -0.05) is 0 Å². The Labute approximate surface area is 162 Å². The quantitative estimate of drug-likeness (QED) is 0.663.